The summed E-state index contributed by atoms with van der Waals surface area (Å²) in [6.07, 6.45) is 0. The normalized spacial score (nSPS) is 17.1. The van der Waals surface area contributed by atoms with E-state index in [1.807, 2.05) is 0 Å². The van der Waals surface area contributed by atoms with E-state index in [4.69, 9.17) is 17.3 Å². The van der Waals surface area contributed by atoms with Gasteiger partial charge in [-0.3, -0.25) is 9.00 Å². The van der Waals surface area contributed by atoms with Crippen molar-refractivity contribution in [1.82, 2.24) is 4.90 Å². The second kappa shape index (κ2) is 5.06. The van der Waals surface area contributed by atoms with Crippen molar-refractivity contribution >= 4 is 34.0 Å². The molecule has 4 nitrogen and oxygen atoms in total. The number of para-hydroxylation sites is 1. The van der Waals surface area contributed by atoms with Crippen LogP contribution in [0.5, 0.6) is 0 Å². The zero-order chi connectivity index (χ0) is 12.4. The summed E-state index contributed by atoms with van der Waals surface area (Å²) in [6.45, 7) is 1.02. The van der Waals surface area contributed by atoms with E-state index in [1.54, 1.807) is 23.1 Å². The molecule has 1 heterocycles. The molecule has 0 radical (unpaired) electrons. The first-order chi connectivity index (χ1) is 8.09. The highest BCUT2D eigenvalue weighted by atomic mass is 35.5. The largest absolute Gasteiger partial charge is 0.397 e. The number of halogens is 1. The molecular weight excluding hydrogens is 260 g/mol. The number of carbonyl (C=O) groups excluding carboxylic acids is 1. The minimum Gasteiger partial charge on any atom is -0.397 e. The van der Waals surface area contributed by atoms with Gasteiger partial charge in [-0.1, -0.05) is 17.7 Å². The number of anilines is 1. The zero-order valence-electron chi connectivity index (χ0n) is 9.19. The lowest BCUT2D eigenvalue weighted by Crippen LogP contribution is -2.42. The van der Waals surface area contributed by atoms with Gasteiger partial charge in [-0.2, -0.15) is 0 Å². The van der Waals surface area contributed by atoms with Crippen LogP contribution in [0.25, 0.3) is 0 Å². The maximum absolute atomic E-state index is 12.2. The Balaban J connectivity index is 2.20. The molecule has 2 rings (SSSR count). The third kappa shape index (κ3) is 2.61. The van der Waals surface area contributed by atoms with Crippen LogP contribution in [0.15, 0.2) is 18.2 Å². The summed E-state index contributed by atoms with van der Waals surface area (Å²) in [5.74, 6) is 0.931. The predicted molar refractivity (Wildman–Crippen MR) is 69.6 cm³/mol. The van der Waals surface area contributed by atoms with Gasteiger partial charge in [-0.05, 0) is 12.1 Å². The number of nitrogens with two attached hydrogens (primary N) is 1. The van der Waals surface area contributed by atoms with Crippen LogP contribution in [0.2, 0.25) is 5.02 Å². The maximum atomic E-state index is 12.2. The summed E-state index contributed by atoms with van der Waals surface area (Å²) in [7, 11) is -0.795. The van der Waals surface area contributed by atoms with Crippen molar-refractivity contribution < 1.29 is 9.00 Å². The average molecular weight is 273 g/mol. The second-order valence-electron chi connectivity index (χ2n) is 3.84. The van der Waals surface area contributed by atoms with E-state index in [0.29, 0.717) is 40.9 Å². The Bertz CT molecular complexity index is 469. The molecular formula is C11H13ClN2O2S. The van der Waals surface area contributed by atoms with Gasteiger partial charge in [0.15, 0.2) is 0 Å². The van der Waals surface area contributed by atoms with Crippen LogP contribution < -0.4 is 5.73 Å². The van der Waals surface area contributed by atoms with Crippen LogP contribution in [0.3, 0.4) is 0 Å². The first-order valence-electron chi connectivity index (χ1n) is 5.28. The van der Waals surface area contributed by atoms with Crippen LogP contribution in [-0.4, -0.2) is 39.6 Å². The predicted octanol–water partition coefficient (Wildman–Crippen LogP) is 1.13. The summed E-state index contributed by atoms with van der Waals surface area (Å²) in [6, 6.07) is 5.02. The highest BCUT2D eigenvalue weighted by Gasteiger charge is 2.23. The Kier molecular flexibility index (Phi) is 3.69. The topological polar surface area (TPSA) is 63.4 Å². The Morgan fingerprint density at radius 3 is 2.65 bits per heavy atom. The fourth-order valence-corrected chi connectivity index (χ4v) is 2.96. The smallest absolute Gasteiger partial charge is 0.256 e. The van der Waals surface area contributed by atoms with E-state index in [1.165, 1.54) is 0 Å². The Labute approximate surface area is 107 Å². The van der Waals surface area contributed by atoms with Gasteiger partial charge in [0.25, 0.3) is 5.91 Å². The molecule has 0 aromatic heterocycles. The zero-order valence-corrected chi connectivity index (χ0v) is 10.8. The standard InChI is InChI=1S/C11H13ClN2O2S/c12-9-3-1-2-8(10(9)13)11(15)14-4-6-17(16)7-5-14/h1-3H,4-7,13H2. The van der Waals surface area contributed by atoms with E-state index >= 15 is 0 Å². The quantitative estimate of drug-likeness (QED) is 0.780. The SMILES string of the molecule is Nc1c(Cl)cccc1C(=O)N1CCS(=O)CC1. The first kappa shape index (κ1) is 12.4. The van der Waals surface area contributed by atoms with E-state index in [0.717, 1.165) is 0 Å². The number of rotatable bonds is 1. The Hall–Kier alpha value is -1.07. The lowest BCUT2D eigenvalue weighted by atomic mass is 10.1. The fraction of sp³-hybridized carbons (Fsp3) is 0.364. The number of amides is 1. The third-order valence-corrected chi connectivity index (χ3v) is 4.35. The number of hydrogen-bond donors (Lipinski definition) is 1. The highest BCUT2D eigenvalue weighted by molar-refractivity contribution is 7.85. The van der Waals surface area contributed by atoms with Gasteiger partial charge in [0.05, 0.1) is 16.3 Å². The van der Waals surface area contributed by atoms with Crippen molar-refractivity contribution in [2.75, 3.05) is 30.3 Å². The number of benzene rings is 1. The van der Waals surface area contributed by atoms with Crippen LogP contribution in [0.1, 0.15) is 10.4 Å². The highest BCUT2D eigenvalue weighted by Crippen LogP contribution is 2.23. The van der Waals surface area contributed by atoms with Crippen LogP contribution in [0.4, 0.5) is 5.69 Å². The van der Waals surface area contributed by atoms with Gasteiger partial charge < -0.3 is 10.6 Å². The molecule has 1 aliphatic rings. The van der Waals surface area contributed by atoms with E-state index in [2.05, 4.69) is 0 Å². The second-order valence-corrected chi connectivity index (χ2v) is 5.94. The summed E-state index contributed by atoms with van der Waals surface area (Å²) in [4.78, 5) is 13.8. The van der Waals surface area contributed by atoms with E-state index in [9.17, 15) is 9.00 Å². The van der Waals surface area contributed by atoms with Crippen molar-refractivity contribution in [3.05, 3.63) is 28.8 Å². The van der Waals surface area contributed by atoms with Gasteiger partial charge in [0.1, 0.15) is 0 Å². The molecule has 0 spiro atoms. The minimum atomic E-state index is -0.795. The molecule has 0 aliphatic carbocycles. The number of carbonyl (C=O) groups is 1. The fourth-order valence-electron chi connectivity index (χ4n) is 1.73. The van der Waals surface area contributed by atoms with Gasteiger partial charge >= 0.3 is 0 Å². The lowest BCUT2D eigenvalue weighted by Gasteiger charge is -2.26. The summed E-state index contributed by atoms with van der Waals surface area (Å²) in [5.41, 5.74) is 6.51. The summed E-state index contributed by atoms with van der Waals surface area (Å²) >= 11 is 5.88. The van der Waals surface area contributed by atoms with E-state index in [-0.39, 0.29) is 5.91 Å². The van der Waals surface area contributed by atoms with Gasteiger partial charge in [0.2, 0.25) is 0 Å². The van der Waals surface area contributed by atoms with Crippen molar-refractivity contribution in [3.63, 3.8) is 0 Å². The molecule has 0 bridgehead atoms. The lowest BCUT2D eigenvalue weighted by molar-refractivity contribution is 0.0772. The average Bonchev–Trinajstić information content (AvgIpc) is 2.33. The van der Waals surface area contributed by atoms with Crippen LogP contribution in [0, 0.1) is 0 Å². The minimum absolute atomic E-state index is 0.137. The number of nitrogen functional groups attached to an aromatic ring is 1. The molecule has 1 fully saturated rings. The molecule has 1 aliphatic heterocycles. The molecule has 1 amide bonds. The van der Waals surface area contributed by atoms with Crippen molar-refractivity contribution in [2.24, 2.45) is 0 Å². The van der Waals surface area contributed by atoms with Crippen molar-refractivity contribution in [2.45, 2.75) is 0 Å². The van der Waals surface area contributed by atoms with Crippen molar-refractivity contribution in [3.8, 4) is 0 Å². The molecule has 1 aromatic rings. The maximum Gasteiger partial charge on any atom is 0.256 e. The van der Waals surface area contributed by atoms with E-state index < -0.39 is 10.8 Å². The molecule has 6 heteroatoms. The molecule has 92 valence electrons. The molecule has 17 heavy (non-hydrogen) atoms. The van der Waals surface area contributed by atoms with Gasteiger partial charge in [-0.25, -0.2) is 0 Å². The molecule has 0 unspecified atom stereocenters. The van der Waals surface area contributed by atoms with Crippen molar-refractivity contribution in [1.29, 1.82) is 0 Å². The summed E-state index contributed by atoms with van der Waals surface area (Å²) in [5, 5.41) is 0.386. The van der Waals surface area contributed by atoms with Gasteiger partial charge in [0, 0.05) is 35.4 Å². The summed E-state index contributed by atoms with van der Waals surface area (Å²) < 4.78 is 11.2. The monoisotopic (exact) mass is 272 g/mol. The van der Waals surface area contributed by atoms with Gasteiger partial charge in [-0.15, -0.1) is 0 Å². The molecule has 1 saturated heterocycles. The molecule has 1 aromatic carbocycles. The number of nitrogens with zero attached hydrogens (tertiary/aromatic N) is 1. The third-order valence-electron chi connectivity index (χ3n) is 2.75. The Morgan fingerprint density at radius 1 is 1.35 bits per heavy atom. The Morgan fingerprint density at radius 2 is 2.00 bits per heavy atom. The van der Waals surface area contributed by atoms with Crippen LogP contribution in [-0.2, 0) is 10.8 Å². The molecule has 0 saturated carbocycles. The first-order valence-corrected chi connectivity index (χ1v) is 7.14. The molecule has 2 N–H and O–H groups in total. The van der Waals surface area contributed by atoms with Crippen LogP contribution >= 0.6 is 11.6 Å². The molecule has 0 atom stereocenters. The number of hydrogen-bond acceptors (Lipinski definition) is 3.